The van der Waals surface area contributed by atoms with Crippen molar-refractivity contribution in [2.75, 3.05) is 20.2 Å². The maximum absolute atomic E-state index is 13.6. The van der Waals surface area contributed by atoms with E-state index in [-0.39, 0.29) is 0 Å². The van der Waals surface area contributed by atoms with Crippen LogP contribution in [0.15, 0.2) is 47.5 Å². The third kappa shape index (κ3) is 5.74. The van der Waals surface area contributed by atoms with Gasteiger partial charge in [-0.05, 0) is 42.7 Å². The summed E-state index contributed by atoms with van der Waals surface area (Å²) in [7, 11) is 1.63. The summed E-state index contributed by atoms with van der Waals surface area (Å²) >= 11 is 0. The van der Waals surface area contributed by atoms with Crippen molar-refractivity contribution in [1.82, 2.24) is 10.6 Å². The standard InChI is InChI=1S/C19H23F2N3O/c1-3-22-19(24-13-14-7-9-16(25-2)10-8-14)23-12-11-15-5-4-6-17(20)18(15)21/h4-10H,3,11-13H2,1-2H3,(H2,22,23,24). The number of rotatable bonds is 7. The molecule has 2 N–H and O–H groups in total. The maximum Gasteiger partial charge on any atom is 0.191 e. The van der Waals surface area contributed by atoms with E-state index in [1.165, 1.54) is 6.07 Å². The molecule has 2 rings (SSSR count). The van der Waals surface area contributed by atoms with Gasteiger partial charge in [0.1, 0.15) is 5.75 Å². The van der Waals surface area contributed by atoms with E-state index in [0.29, 0.717) is 37.6 Å². The lowest BCUT2D eigenvalue weighted by atomic mass is 10.1. The Labute approximate surface area is 146 Å². The molecule has 25 heavy (non-hydrogen) atoms. The molecule has 0 bridgehead atoms. The summed E-state index contributed by atoms with van der Waals surface area (Å²) in [4.78, 5) is 4.50. The van der Waals surface area contributed by atoms with Crippen LogP contribution in [0.3, 0.4) is 0 Å². The average molecular weight is 347 g/mol. The second-order valence-electron chi connectivity index (χ2n) is 5.43. The van der Waals surface area contributed by atoms with Crippen LogP contribution >= 0.6 is 0 Å². The molecule has 0 aromatic heterocycles. The third-order valence-electron chi connectivity index (χ3n) is 3.64. The summed E-state index contributed by atoms with van der Waals surface area (Å²) in [5.41, 5.74) is 1.40. The number of benzene rings is 2. The van der Waals surface area contributed by atoms with Crippen LogP contribution in [0.5, 0.6) is 5.75 Å². The third-order valence-corrected chi connectivity index (χ3v) is 3.64. The van der Waals surface area contributed by atoms with Crippen molar-refractivity contribution in [3.63, 3.8) is 0 Å². The van der Waals surface area contributed by atoms with Crippen molar-refractivity contribution >= 4 is 5.96 Å². The first kappa shape index (κ1) is 18.7. The molecule has 4 nitrogen and oxygen atoms in total. The van der Waals surface area contributed by atoms with Crippen LogP contribution < -0.4 is 15.4 Å². The summed E-state index contributed by atoms with van der Waals surface area (Å²) in [6.07, 6.45) is 0.372. The van der Waals surface area contributed by atoms with Gasteiger partial charge in [0.25, 0.3) is 0 Å². The Kier molecular flexibility index (Phi) is 7.19. The highest BCUT2D eigenvalue weighted by Crippen LogP contribution is 2.12. The molecule has 0 heterocycles. The quantitative estimate of drug-likeness (QED) is 0.597. The zero-order valence-electron chi connectivity index (χ0n) is 14.5. The minimum Gasteiger partial charge on any atom is -0.497 e. The number of nitrogens with one attached hydrogen (secondary N) is 2. The molecule has 0 atom stereocenters. The lowest BCUT2D eigenvalue weighted by Crippen LogP contribution is -2.38. The molecule has 0 spiro atoms. The van der Waals surface area contributed by atoms with E-state index in [2.05, 4.69) is 15.6 Å². The Bertz CT molecular complexity index is 702. The predicted molar refractivity (Wildman–Crippen MR) is 95.9 cm³/mol. The van der Waals surface area contributed by atoms with Gasteiger partial charge in [0, 0.05) is 13.1 Å². The lowest BCUT2D eigenvalue weighted by molar-refractivity contribution is 0.414. The van der Waals surface area contributed by atoms with Crippen LogP contribution in [-0.4, -0.2) is 26.2 Å². The summed E-state index contributed by atoms with van der Waals surface area (Å²) in [6, 6.07) is 11.9. The Hall–Kier alpha value is -2.63. The predicted octanol–water partition coefficient (Wildman–Crippen LogP) is 3.27. The fraction of sp³-hybridized carbons (Fsp3) is 0.316. The van der Waals surface area contributed by atoms with Crippen molar-refractivity contribution in [1.29, 1.82) is 0 Å². The molecule has 0 unspecified atom stereocenters. The smallest absolute Gasteiger partial charge is 0.191 e. The summed E-state index contributed by atoms with van der Waals surface area (Å²) in [6.45, 7) is 3.64. The van der Waals surface area contributed by atoms with E-state index in [9.17, 15) is 8.78 Å². The molecule has 6 heteroatoms. The first-order valence-electron chi connectivity index (χ1n) is 8.22. The van der Waals surface area contributed by atoms with E-state index >= 15 is 0 Å². The number of halogens is 2. The molecule has 134 valence electrons. The molecule has 2 aromatic rings. The number of ether oxygens (including phenoxy) is 1. The second-order valence-corrected chi connectivity index (χ2v) is 5.43. The molecule has 0 saturated heterocycles. The van der Waals surface area contributed by atoms with E-state index in [4.69, 9.17) is 4.74 Å². The first-order valence-corrected chi connectivity index (χ1v) is 8.22. The van der Waals surface area contributed by atoms with Crippen molar-refractivity contribution < 1.29 is 13.5 Å². The number of methoxy groups -OCH3 is 1. The van der Waals surface area contributed by atoms with Gasteiger partial charge < -0.3 is 15.4 Å². The minimum atomic E-state index is -0.822. The average Bonchev–Trinajstić information content (AvgIpc) is 2.63. The van der Waals surface area contributed by atoms with E-state index < -0.39 is 11.6 Å². The first-order chi connectivity index (χ1) is 12.1. The number of aliphatic imine (C=N–C) groups is 1. The second kappa shape index (κ2) is 9.61. The monoisotopic (exact) mass is 347 g/mol. The highest BCUT2D eigenvalue weighted by atomic mass is 19.2. The SMILES string of the molecule is CCNC(=NCc1ccc(OC)cc1)NCCc1cccc(F)c1F. The Morgan fingerprint density at radius 2 is 1.84 bits per heavy atom. The van der Waals surface area contributed by atoms with Crippen LogP contribution in [-0.2, 0) is 13.0 Å². The molecule has 0 aliphatic rings. The largest absolute Gasteiger partial charge is 0.497 e. The van der Waals surface area contributed by atoms with Crippen LogP contribution in [0.2, 0.25) is 0 Å². The summed E-state index contributed by atoms with van der Waals surface area (Å²) < 4.78 is 32.0. The number of nitrogens with zero attached hydrogens (tertiary/aromatic N) is 1. The molecular formula is C19H23F2N3O. The van der Waals surface area contributed by atoms with Crippen molar-refractivity contribution in [3.05, 3.63) is 65.2 Å². The van der Waals surface area contributed by atoms with Gasteiger partial charge in [-0.1, -0.05) is 24.3 Å². The van der Waals surface area contributed by atoms with Crippen LogP contribution in [0.4, 0.5) is 8.78 Å². The molecule has 0 amide bonds. The molecule has 0 aliphatic heterocycles. The van der Waals surface area contributed by atoms with Crippen LogP contribution in [0.1, 0.15) is 18.1 Å². The van der Waals surface area contributed by atoms with Crippen LogP contribution in [0, 0.1) is 11.6 Å². The highest BCUT2D eigenvalue weighted by Gasteiger charge is 2.07. The Morgan fingerprint density at radius 3 is 2.52 bits per heavy atom. The summed E-state index contributed by atoms with van der Waals surface area (Å²) in [5.74, 6) is -0.174. The van der Waals surface area contributed by atoms with Crippen LogP contribution in [0.25, 0.3) is 0 Å². The normalized spacial score (nSPS) is 11.3. The van der Waals surface area contributed by atoms with Gasteiger partial charge in [-0.3, -0.25) is 0 Å². The minimum absolute atomic E-state index is 0.346. The molecule has 0 aliphatic carbocycles. The highest BCUT2D eigenvalue weighted by molar-refractivity contribution is 5.79. The zero-order valence-corrected chi connectivity index (χ0v) is 14.5. The van der Waals surface area contributed by atoms with E-state index in [0.717, 1.165) is 17.4 Å². The molecular weight excluding hydrogens is 324 g/mol. The zero-order chi connectivity index (χ0) is 18.1. The molecule has 2 aromatic carbocycles. The number of hydrogen-bond acceptors (Lipinski definition) is 2. The van der Waals surface area contributed by atoms with Gasteiger partial charge in [0.15, 0.2) is 17.6 Å². The van der Waals surface area contributed by atoms with Gasteiger partial charge in [-0.25, -0.2) is 13.8 Å². The van der Waals surface area contributed by atoms with Gasteiger partial charge in [0.2, 0.25) is 0 Å². The Morgan fingerprint density at radius 1 is 1.08 bits per heavy atom. The maximum atomic E-state index is 13.6. The molecule has 0 saturated carbocycles. The van der Waals surface area contributed by atoms with Crippen molar-refractivity contribution in [2.24, 2.45) is 4.99 Å². The summed E-state index contributed by atoms with van der Waals surface area (Å²) in [5, 5.41) is 6.27. The lowest BCUT2D eigenvalue weighted by Gasteiger charge is -2.12. The van der Waals surface area contributed by atoms with Gasteiger partial charge in [-0.2, -0.15) is 0 Å². The molecule has 0 fully saturated rings. The van der Waals surface area contributed by atoms with Crippen molar-refractivity contribution in [2.45, 2.75) is 19.9 Å². The van der Waals surface area contributed by atoms with Gasteiger partial charge in [-0.15, -0.1) is 0 Å². The fourth-order valence-electron chi connectivity index (χ4n) is 2.30. The number of guanidine groups is 1. The fourth-order valence-corrected chi connectivity index (χ4v) is 2.30. The molecule has 0 radical (unpaired) electrons. The topological polar surface area (TPSA) is 45.7 Å². The number of hydrogen-bond donors (Lipinski definition) is 2. The van der Waals surface area contributed by atoms with Gasteiger partial charge in [0.05, 0.1) is 13.7 Å². The van der Waals surface area contributed by atoms with Crippen molar-refractivity contribution in [3.8, 4) is 5.75 Å². The van der Waals surface area contributed by atoms with Gasteiger partial charge >= 0.3 is 0 Å². The van der Waals surface area contributed by atoms with E-state index in [1.54, 1.807) is 13.2 Å². The Balaban J connectivity index is 1.91. The van der Waals surface area contributed by atoms with E-state index in [1.807, 2.05) is 31.2 Å².